The predicted octanol–water partition coefficient (Wildman–Crippen LogP) is 4.26. The Balaban J connectivity index is 0.00000243. The first kappa shape index (κ1) is 21.2. The minimum Gasteiger partial charge on any atom is -0.357 e. The minimum atomic E-state index is 0. The number of benzene rings is 1. The van der Waals surface area contributed by atoms with Gasteiger partial charge in [-0.15, -0.1) is 35.3 Å². The Labute approximate surface area is 178 Å². The van der Waals surface area contributed by atoms with E-state index >= 15 is 0 Å². The van der Waals surface area contributed by atoms with Gasteiger partial charge in [0.15, 0.2) is 5.96 Å². The highest BCUT2D eigenvalue weighted by atomic mass is 127. The van der Waals surface area contributed by atoms with Gasteiger partial charge in [-0.05, 0) is 49.9 Å². The Bertz CT molecular complexity index is 639. The second kappa shape index (κ2) is 11.6. The maximum absolute atomic E-state index is 4.74. The smallest absolute Gasteiger partial charge is 0.191 e. The summed E-state index contributed by atoms with van der Waals surface area (Å²) in [5.41, 5.74) is 1.23. The van der Waals surface area contributed by atoms with Crippen LogP contribution in [0.3, 0.4) is 0 Å². The number of thiophene rings is 1. The maximum atomic E-state index is 4.74. The second-order valence-electron chi connectivity index (χ2n) is 6.34. The third-order valence-corrected chi connectivity index (χ3v) is 5.50. The van der Waals surface area contributed by atoms with Gasteiger partial charge in [-0.25, -0.2) is 4.99 Å². The molecule has 0 radical (unpaired) electrons. The lowest BCUT2D eigenvalue weighted by molar-refractivity contribution is 0.249. The summed E-state index contributed by atoms with van der Waals surface area (Å²) in [7, 11) is 0. The van der Waals surface area contributed by atoms with Crippen molar-refractivity contribution in [3.05, 3.63) is 58.3 Å². The molecule has 4 nitrogen and oxygen atoms in total. The average molecular weight is 484 g/mol. The van der Waals surface area contributed by atoms with Crippen molar-refractivity contribution in [1.29, 1.82) is 0 Å². The molecule has 2 N–H and O–H groups in total. The van der Waals surface area contributed by atoms with Gasteiger partial charge in [0.25, 0.3) is 0 Å². The zero-order chi connectivity index (χ0) is 17.3. The van der Waals surface area contributed by atoms with E-state index in [4.69, 9.17) is 4.99 Å². The Morgan fingerprint density at radius 1 is 1.12 bits per heavy atom. The third kappa shape index (κ3) is 6.25. The number of rotatable bonds is 7. The van der Waals surface area contributed by atoms with Crippen LogP contribution < -0.4 is 10.6 Å². The number of hydrogen-bond acceptors (Lipinski definition) is 3. The van der Waals surface area contributed by atoms with Gasteiger partial charge in [-0.1, -0.05) is 36.4 Å². The molecule has 1 atom stereocenters. The lowest BCUT2D eigenvalue weighted by Gasteiger charge is -2.27. The molecule has 0 spiro atoms. The Kier molecular flexibility index (Phi) is 9.42. The summed E-state index contributed by atoms with van der Waals surface area (Å²) < 4.78 is 0. The molecule has 0 amide bonds. The van der Waals surface area contributed by atoms with Crippen LogP contribution in [0.5, 0.6) is 0 Å². The predicted molar refractivity (Wildman–Crippen MR) is 123 cm³/mol. The number of aliphatic imine (C=N–C) groups is 1. The van der Waals surface area contributed by atoms with Crippen molar-refractivity contribution in [2.75, 3.05) is 26.2 Å². The Hall–Kier alpha value is -1.12. The zero-order valence-corrected chi connectivity index (χ0v) is 18.5. The van der Waals surface area contributed by atoms with E-state index in [0.717, 1.165) is 19.0 Å². The van der Waals surface area contributed by atoms with Crippen LogP contribution in [-0.2, 0) is 6.54 Å². The number of likely N-dealkylation sites (tertiary alicyclic amines) is 1. The fourth-order valence-electron chi connectivity index (χ4n) is 3.23. The minimum absolute atomic E-state index is 0. The highest BCUT2D eigenvalue weighted by Gasteiger charge is 2.24. The van der Waals surface area contributed by atoms with Gasteiger partial charge in [-0.2, -0.15) is 0 Å². The number of hydrogen-bond donors (Lipinski definition) is 2. The van der Waals surface area contributed by atoms with Crippen LogP contribution in [0.4, 0.5) is 0 Å². The lowest BCUT2D eigenvalue weighted by atomic mass is 10.2. The first-order chi connectivity index (χ1) is 12.4. The van der Waals surface area contributed by atoms with Crippen LogP contribution in [-0.4, -0.2) is 37.0 Å². The molecular weight excluding hydrogens is 455 g/mol. The molecule has 0 saturated carbocycles. The van der Waals surface area contributed by atoms with Crippen molar-refractivity contribution in [3.8, 4) is 0 Å². The molecule has 142 valence electrons. The Morgan fingerprint density at radius 2 is 1.88 bits per heavy atom. The number of nitrogens with one attached hydrogen (secondary N) is 2. The second-order valence-corrected chi connectivity index (χ2v) is 7.32. The van der Waals surface area contributed by atoms with Crippen molar-refractivity contribution in [3.63, 3.8) is 0 Å². The molecule has 1 aromatic heterocycles. The van der Waals surface area contributed by atoms with Crippen LogP contribution in [0.25, 0.3) is 0 Å². The largest absolute Gasteiger partial charge is 0.357 e. The first-order valence-electron chi connectivity index (χ1n) is 9.20. The molecule has 1 aromatic carbocycles. The van der Waals surface area contributed by atoms with E-state index in [2.05, 4.69) is 64.2 Å². The van der Waals surface area contributed by atoms with Gasteiger partial charge in [-0.3, -0.25) is 4.90 Å². The van der Waals surface area contributed by atoms with E-state index in [1.807, 2.05) is 17.4 Å². The molecule has 1 unspecified atom stereocenters. The molecule has 26 heavy (non-hydrogen) atoms. The molecule has 6 heteroatoms. The van der Waals surface area contributed by atoms with Crippen molar-refractivity contribution < 1.29 is 0 Å². The summed E-state index contributed by atoms with van der Waals surface area (Å²) in [5, 5.41) is 9.10. The van der Waals surface area contributed by atoms with Crippen molar-refractivity contribution in [2.24, 2.45) is 4.99 Å². The normalized spacial score (nSPS) is 16.1. The zero-order valence-electron chi connectivity index (χ0n) is 15.4. The summed E-state index contributed by atoms with van der Waals surface area (Å²) in [6.07, 6.45) is 2.62. The molecule has 1 fully saturated rings. The summed E-state index contributed by atoms with van der Waals surface area (Å²) in [5.74, 6) is 0.895. The molecule has 3 rings (SSSR count). The third-order valence-electron chi connectivity index (χ3n) is 4.52. The summed E-state index contributed by atoms with van der Waals surface area (Å²) in [4.78, 5) is 8.78. The van der Waals surface area contributed by atoms with E-state index in [-0.39, 0.29) is 24.0 Å². The Morgan fingerprint density at radius 3 is 2.54 bits per heavy atom. The standard InChI is InChI=1S/C20H28N4S.HI/c1-2-21-20(22-15-17-9-4-3-5-10-17)23-16-18(19-11-8-14-25-19)24-12-6-7-13-24;/h3-5,8-11,14,18H,2,6-7,12-13,15-16H2,1H3,(H2,21,22,23);1H. The van der Waals surface area contributed by atoms with Gasteiger partial charge in [0.05, 0.1) is 12.6 Å². The lowest BCUT2D eigenvalue weighted by Crippen LogP contribution is -2.42. The van der Waals surface area contributed by atoms with Crippen molar-refractivity contribution >= 4 is 41.3 Å². The molecule has 2 heterocycles. The van der Waals surface area contributed by atoms with Gasteiger partial charge < -0.3 is 10.6 Å². The number of guanidine groups is 1. The van der Waals surface area contributed by atoms with Crippen LogP contribution in [0.1, 0.15) is 36.2 Å². The van der Waals surface area contributed by atoms with E-state index < -0.39 is 0 Å². The molecule has 1 aliphatic heterocycles. The molecule has 0 bridgehead atoms. The van der Waals surface area contributed by atoms with Gasteiger partial charge in [0.1, 0.15) is 0 Å². The SMILES string of the molecule is CCNC(=NCc1ccccc1)NCC(c1cccs1)N1CCCC1.I. The number of nitrogens with zero attached hydrogens (tertiary/aromatic N) is 2. The highest BCUT2D eigenvalue weighted by molar-refractivity contribution is 14.0. The average Bonchev–Trinajstić information content (AvgIpc) is 3.35. The summed E-state index contributed by atoms with van der Waals surface area (Å²) in [6.45, 7) is 6.96. The maximum Gasteiger partial charge on any atom is 0.191 e. The fourth-order valence-corrected chi connectivity index (χ4v) is 4.09. The molecule has 0 aliphatic carbocycles. The van der Waals surface area contributed by atoms with Gasteiger partial charge in [0.2, 0.25) is 0 Å². The van der Waals surface area contributed by atoms with E-state index in [1.54, 1.807) is 0 Å². The van der Waals surface area contributed by atoms with Crippen LogP contribution >= 0.6 is 35.3 Å². The van der Waals surface area contributed by atoms with Crippen LogP contribution in [0, 0.1) is 0 Å². The number of halogens is 1. The molecule has 1 aliphatic rings. The van der Waals surface area contributed by atoms with Gasteiger partial charge >= 0.3 is 0 Å². The topological polar surface area (TPSA) is 39.7 Å². The van der Waals surface area contributed by atoms with Crippen LogP contribution in [0.15, 0.2) is 52.8 Å². The monoisotopic (exact) mass is 484 g/mol. The fraction of sp³-hybridized carbons (Fsp3) is 0.450. The highest BCUT2D eigenvalue weighted by Crippen LogP contribution is 2.27. The summed E-state index contributed by atoms with van der Waals surface area (Å²) >= 11 is 1.85. The van der Waals surface area contributed by atoms with E-state index in [9.17, 15) is 0 Å². The first-order valence-corrected chi connectivity index (χ1v) is 10.1. The molecule has 1 saturated heterocycles. The summed E-state index contributed by atoms with van der Waals surface area (Å²) in [6, 6.07) is 15.2. The quantitative estimate of drug-likeness (QED) is 0.351. The van der Waals surface area contributed by atoms with Crippen molar-refractivity contribution in [2.45, 2.75) is 32.4 Å². The van der Waals surface area contributed by atoms with Crippen molar-refractivity contribution in [1.82, 2.24) is 15.5 Å². The molecular formula is C20H29IN4S. The van der Waals surface area contributed by atoms with Gasteiger partial charge in [0, 0.05) is 18.0 Å². The van der Waals surface area contributed by atoms with E-state index in [0.29, 0.717) is 12.6 Å². The molecule has 2 aromatic rings. The van der Waals surface area contributed by atoms with Crippen LogP contribution in [0.2, 0.25) is 0 Å². The van der Waals surface area contributed by atoms with E-state index in [1.165, 1.54) is 36.4 Å².